The highest BCUT2D eigenvalue weighted by Crippen LogP contribution is 2.17. The Hall–Kier alpha value is -0.990. The Labute approximate surface area is 109 Å². The Morgan fingerprint density at radius 3 is 2.82 bits per heavy atom. The number of hydrogen-bond acceptors (Lipinski definition) is 1. The van der Waals surface area contributed by atoms with Crippen molar-refractivity contribution in [1.29, 1.82) is 0 Å². The van der Waals surface area contributed by atoms with Crippen molar-refractivity contribution in [2.24, 2.45) is 0 Å². The van der Waals surface area contributed by atoms with E-state index in [-0.39, 0.29) is 12.4 Å². The molecule has 2 N–H and O–H groups in total. The number of benzene rings is 1. The summed E-state index contributed by atoms with van der Waals surface area (Å²) in [5.41, 5.74) is 2.66. The topological polar surface area (TPSA) is 27.8 Å². The van der Waals surface area contributed by atoms with E-state index in [1.807, 2.05) is 0 Å². The van der Waals surface area contributed by atoms with Crippen molar-refractivity contribution in [3.05, 3.63) is 36.0 Å². The van der Waals surface area contributed by atoms with Gasteiger partial charge >= 0.3 is 0 Å². The van der Waals surface area contributed by atoms with Crippen molar-refractivity contribution in [3.8, 4) is 0 Å². The van der Waals surface area contributed by atoms with Crippen molar-refractivity contribution in [3.63, 3.8) is 0 Å². The first kappa shape index (κ1) is 14.1. The van der Waals surface area contributed by atoms with Gasteiger partial charge in [0.25, 0.3) is 0 Å². The third-order valence-electron chi connectivity index (χ3n) is 2.95. The molecule has 0 saturated heterocycles. The van der Waals surface area contributed by atoms with Gasteiger partial charge in [0.05, 0.1) is 0 Å². The number of fused-ring (bicyclic) bond motifs is 1. The van der Waals surface area contributed by atoms with E-state index in [9.17, 15) is 0 Å². The molecule has 17 heavy (non-hydrogen) atoms. The molecular formula is C14H21ClN2. The minimum atomic E-state index is 0. The van der Waals surface area contributed by atoms with Gasteiger partial charge in [-0.15, -0.1) is 12.4 Å². The summed E-state index contributed by atoms with van der Waals surface area (Å²) < 4.78 is 0. The van der Waals surface area contributed by atoms with E-state index >= 15 is 0 Å². The number of H-pyrrole nitrogens is 1. The van der Waals surface area contributed by atoms with Crippen LogP contribution in [0, 0.1) is 0 Å². The standard InChI is InChI=1S/C14H20N2.ClH/c1-2-3-9-15-10-8-12-11-16-14-7-5-4-6-13(12)14;/h4-7,11,15-16H,2-3,8-10H2,1H3;1H. The molecule has 2 aromatic rings. The maximum absolute atomic E-state index is 3.48. The maximum atomic E-state index is 3.48. The van der Waals surface area contributed by atoms with Gasteiger partial charge in [-0.3, -0.25) is 0 Å². The van der Waals surface area contributed by atoms with Crippen LogP contribution in [-0.4, -0.2) is 18.1 Å². The van der Waals surface area contributed by atoms with Crippen molar-refractivity contribution in [2.75, 3.05) is 13.1 Å². The number of rotatable bonds is 6. The number of aromatic amines is 1. The van der Waals surface area contributed by atoms with Crippen molar-refractivity contribution >= 4 is 23.3 Å². The summed E-state index contributed by atoms with van der Waals surface area (Å²) in [6, 6.07) is 8.49. The molecule has 1 heterocycles. The highest BCUT2D eigenvalue weighted by atomic mass is 35.5. The molecule has 0 saturated carbocycles. The fraction of sp³-hybridized carbons (Fsp3) is 0.429. The summed E-state index contributed by atoms with van der Waals surface area (Å²) >= 11 is 0. The molecule has 1 aromatic heterocycles. The minimum Gasteiger partial charge on any atom is -0.361 e. The van der Waals surface area contributed by atoms with Gasteiger partial charge in [0, 0.05) is 17.1 Å². The lowest BCUT2D eigenvalue weighted by Gasteiger charge is -2.02. The molecule has 94 valence electrons. The fourth-order valence-corrected chi connectivity index (χ4v) is 1.99. The van der Waals surface area contributed by atoms with Crippen LogP contribution in [0.3, 0.4) is 0 Å². The first-order valence-electron chi connectivity index (χ1n) is 6.17. The molecule has 3 heteroatoms. The molecule has 0 aliphatic carbocycles. The Morgan fingerprint density at radius 1 is 1.18 bits per heavy atom. The smallest absolute Gasteiger partial charge is 0.0456 e. The Bertz CT molecular complexity index is 436. The van der Waals surface area contributed by atoms with Gasteiger partial charge in [-0.25, -0.2) is 0 Å². The van der Waals surface area contributed by atoms with Crippen molar-refractivity contribution < 1.29 is 0 Å². The average Bonchev–Trinajstić information content (AvgIpc) is 2.73. The Balaban J connectivity index is 0.00000144. The van der Waals surface area contributed by atoms with Crippen LogP contribution >= 0.6 is 12.4 Å². The quantitative estimate of drug-likeness (QED) is 0.757. The van der Waals surface area contributed by atoms with Gasteiger partial charge in [-0.2, -0.15) is 0 Å². The second-order valence-corrected chi connectivity index (χ2v) is 4.21. The highest BCUT2D eigenvalue weighted by molar-refractivity contribution is 5.85. The lowest BCUT2D eigenvalue weighted by atomic mass is 10.1. The second kappa shape index (κ2) is 7.36. The molecule has 0 amide bonds. The van der Waals surface area contributed by atoms with Crippen molar-refractivity contribution in [2.45, 2.75) is 26.2 Å². The molecule has 0 aliphatic heterocycles. The van der Waals surface area contributed by atoms with E-state index in [4.69, 9.17) is 0 Å². The molecule has 0 atom stereocenters. The number of unbranched alkanes of at least 4 members (excludes halogenated alkanes) is 1. The van der Waals surface area contributed by atoms with Gasteiger partial charge in [-0.1, -0.05) is 31.5 Å². The summed E-state index contributed by atoms with van der Waals surface area (Å²) in [7, 11) is 0. The highest BCUT2D eigenvalue weighted by Gasteiger charge is 2.01. The summed E-state index contributed by atoms with van der Waals surface area (Å²) in [6.07, 6.45) is 5.77. The third-order valence-corrected chi connectivity index (χ3v) is 2.95. The number of halogens is 1. The Morgan fingerprint density at radius 2 is 2.00 bits per heavy atom. The molecule has 0 unspecified atom stereocenters. The molecule has 1 aromatic carbocycles. The zero-order chi connectivity index (χ0) is 11.2. The van der Waals surface area contributed by atoms with Crippen LogP contribution in [0.4, 0.5) is 0 Å². The van der Waals surface area contributed by atoms with E-state index in [0.29, 0.717) is 0 Å². The first-order chi connectivity index (χ1) is 7.92. The van der Waals surface area contributed by atoms with E-state index in [1.54, 1.807) is 0 Å². The van der Waals surface area contributed by atoms with Crippen LogP contribution < -0.4 is 5.32 Å². The van der Waals surface area contributed by atoms with E-state index in [2.05, 4.69) is 47.7 Å². The predicted molar refractivity (Wildman–Crippen MR) is 77.0 cm³/mol. The van der Waals surface area contributed by atoms with Crippen LogP contribution in [0.1, 0.15) is 25.3 Å². The van der Waals surface area contributed by atoms with Gasteiger partial charge in [0.2, 0.25) is 0 Å². The van der Waals surface area contributed by atoms with Crippen LogP contribution in [0.15, 0.2) is 30.5 Å². The SMILES string of the molecule is CCCCNCCc1c[nH]c2ccccc12.Cl. The molecule has 0 fully saturated rings. The number of para-hydroxylation sites is 1. The van der Waals surface area contributed by atoms with E-state index in [1.165, 1.54) is 29.3 Å². The molecule has 0 radical (unpaired) electrons. The lowest BCUT2D eigenvalue weighted by molar-refractivity contribution is 0.641. The van der Waals surface area contributed by atoms with Crippen LogP contribution in [-0.2, 0) is 6.42 Å². The summed E-state index contributed by atoms with van der Waals surface area (Å²) in [6.45, 7) is 4.43. The lowest BCUT2D eigenvalue weighted by Crippen LogP contribution is -2.18. The molecule has 2 rings (SSSR count). The van der Waals surface area contributed by atoms with Crippen LogP contribution in [0.5, 0.6) is 0 Å². The molecule has 2 nitrogen and oxygen atoms in total. The summed E-state index contributed by atoms with van der Waals surface area (Å²) in [5.74, 6) is 0. The van der Waals surface area contributed by atoms with Crippen molar-refractivity contribution in [1.82, 2.24) is 10.3 Å². The first-order valence-corrected chi connectivity index (χ1v) is 6.17. The number of hydrogen-bond donors (Lipinski definition) is 2. The average molecular weight is 253 g/mol. The van der Waals surface area contributed by atoms with Crippen LogP contribution in [0.2, 0.25) is 0 Å². The Kier molecular flexibility index (Phi) is 6.09. The largest absolute Gasteiger partial charge is 0.361 e. The molecule has 0 bridgehead atoms. The van der Waals surface area contributed by atoms with Gasteiger partial charge in [-0.05, 0) is 37.6 Å². The van der Waals surface area contributed by atoms with Gasteiger partial charge < -0.3 is 10.3 Å². The minimum absolute atomic E-state index is 0. The zero-order valence-electron chi connectivity index (χ0n) is 10.3. The van der Waals surface area contributed by atoms with E-state index < -0.39 is 0 Å². The maximum Gasteiger partial charge on any atom is 0.0456 e. The molecular weight excluding hydrogens is 232 g/mol. The summed E-state index contributed by atoms with van der Waals surface area (Å²) in [4.78, 5) is 3.31. The molecule has 0 spiro atoms. The third kappa shape index (κ3) is 3.76. The predicted octanol–water partition coefficient (Wildman–Crippen LogP) is 3.52. The van der Waals surface area contributed by atoms with Gasteiger partial charge in [0.15, 0.2) is 0 Å². The number of nitrogens with one attached hydrogen (secondary N) is 2. The fourth-order valence-electron chi connectivity index (χ4n) is 1.99. The molecule has 0 aliphatic rings. The van der Waals surface area contributed by atoms with E-state index in [0.717, 1.165) is 19.5 Å². The normalized spacial score (nSPS) is 10.4. The zero-order valence-corrected chi connectivity index (χ0v) is 11.1. The monoisotopic (exact) mass is 252 g/mol. The van der Waals surface area contributed by atoms with Crippen LogP contribution in [0.25, 0.3) is 10.9 Å². The number of aromatic nitrogens is 1. The summed E-state index contributed by atoms with van der Waals surface area (Å²) in [5, 5.41) is 4.84. The second-order valence-electron chi connectivity index (χ2n) is 4.21. The van der Waals surface area contributed by atoms with Gasteiger partial charge in [0.1, 0.15) is 0 Å².